The Labute approximate surface area is 172 Å². The Morgan fingerprint density at radius 3 is 2.03 bits per heavy atom. The Bertz CT molecular complexity index is 1120. The first-order valence-electron chi connectivity index (χ1n) is 9.55. The van der Waals surface area contributed by atoms with Crippen molar-refractivity contribution < 1.29 is 21.6 Å². The Hall–Kier alpha value is -1.97. The van der Waals surface area contributed by atoms with E-state index in [1.807, 2.05) is 24.3 Å². The van der Waals surface area contributed by atoms with Gasteiger partial charge in [-0.15, -0.1) is 0 Å². The third-order valence-corrected chi connectivity index (χ3v) is 9.80. The van der Waals surface area contributed by atoms with E-state index in [9.17, 15) is 21.6 Å². The average Bonchev–Trinajstić information content (AvgIpc) is 2.72. The molecule has 0 saturated carbocycles. The maximum Gasteiger partial charge on any atom is 0.243 e. The summed E-state index contributed by atoms with van der Waals surface area (Å²) in [6, 6.07) is 12.6. The van der Waals surface area contributed by atoms with Crippen LogP contribution in [-0.2, 0) is 24.7 Å². The summed E-state index contributed by atoms with van der Waals surface area (Å²) in [5.74, 6) is -0.471. The molecule has 1 fully saturated rings. The number of benzene rings is 2. The van der Waals surface area contributed by atoms with Crippen LogP contribution in [0.5, 0.6) is 0 Å². The van der Waals surface area contributed by atoms with Crippen molar-refractivity contribution in [3.63, 3.8) is 0 Å². The predicted molar refractivity (Wildman–Crippen MR) is 113 cm³/mol. The summed E-state index contributed by atoms with van der Waals surface area (Å²) in [6.45, 7) is 5.11. The number of amides is 1. The molecule has 1 heterocycles. The molecule has 3 rings (SSSR count). The second-order valence-corrected chi connectivity index (χ2v) is 12.3. The van der Waals surface area contributed by atoms with Crippen LogP contribution in [0.1, 0.15) is 20.8 Å². The molecule has 1 aliphatic heterocycles. The van der Waals surface area contributed by atoms with E-state index >= 15 is 0 Å². The maximum atomic E-state index is 13.0. The first-order chi connectivity index (χ1) is 13.5. The molecule has 1 aliphatic rings. The zero-order valence-electron chi connectivity index (χ0n) is 16.8. The van der Waals surface area contributed by atoms with Crippen molar-refractivity contribution in [2.24, 2.45) is 0 Å². The highest BCUT2D eigenvalue weighted by molar-refractivity contribution is 7.93. The Kier molecular flexibility index (Phi) is 6.03. The lowest BCUT2D eigenvalue weighted by atomic mass is 10.1. The summed E-state index contributed by atoms with van der Waals surface area (Å²) in [6.07, 6.45) is 0. The van der Waals surface area contributed by atoms with Gasteiger partial charge in [0.25, 0.3) is 0 Å². The summed E-state index contributed by atoms with van der Waals surface area (Å²) in [5, 5.41) is 0.0273. The highest BCUT2D eigenvalue weighted by Gasteiger charge is 2.36. The lowest BCUT2D eigenvalue weighted by Gasteiger charge is -2.35. The van der Waals surface area contributed by atoms with Gasteiger partial charge in [0.1, 0.15) is 5.25 Å². The smallest absolute Gasteiger partial charge is 0.243 e. The van der Waals surface area contributed by atoms with Crippen LogP contribution in [0.15, 0.2) is 47.4 Å². The largest absolute Gasteiger partial charge is 0.339 e. The lowest BCUT2D eigenvalue weighted by Crippen LogP contribution is -2.53. The standard InChI is InChI=1S/C20H26N2O5S2/c1-15(2)28(24,25)16(3)20(23)21-10-12-22(13-11-21)29(26,27)19-9-8-17-6-4-5-7-18(17)14-19/h4-9,14-16H,10-13H2,1-3H3. The predicted octanol–water partition coefficient (Wildman–Crippen LogP) is 1.88. The SMILES string of the molecule is CC(C)S(=O)(=O)C(C)C(=O)N1CCN(S(=O)(=O)c2ccc3ccccc3c2)CC1. The molecule has 2 aromatic rings. The lowest BCUT2D eigenvalue weighted by molar-refractivity contribution is -0.131. The topological polar surface area (TPSA) is 91.8 Å². The van der Waals surface area contributed by atoms with E-state index in [1.54, 1.807) is 32.0 Å². The van der Waals surface area contributed by atoms with E-state index in [0.717, 1.165) is 10.8 Å². The van der Waals surface area contributed by atoms with Crippen LogP contribution in [0.2, 0.25) is 0 Å². The Morgan fingerprint density at radius 1 is 0.862 bits per heavy atom. The number of rotatable bonds is 5. The average molecular weight is 439 g/mol. The first-order valence-corrected chi connectivity index (χ1v) is 12.6. The summed E-state index contributed by atoms with van der Waals surface area (Å²) in [5.41, 5.74) is 0. The minimum Gasteiger partial charge on any atom is -0.339 e. The van der Waals surface area contributed by atoms with E-state index < -0.39 is 36.3 Å². The Morgan fingerprint density at radius 2 is 1.45 bits per heavy atom. The molecule has 158 valence electrons. The van der Waals surface area contributed by atoms with Crippen LogP contribution in [-0.4, -0.2) is 68.6 Å². The van der Waals surface area contributed by atoms with Crippen molar-refractivity contribution in [1.82, 2.24) is 9.21 Å². The van der Waals surface area contributed by atoms with Gasteiger partial charge in [-0.2, -0.15) is 4.31 Å². The molecule has 1 unspecified atom stereocenters. The second kappa shape index (κ2) is 8.04. The highest BCUT2D eigenvalue weighted by Crippen LogP contribution is 2.23. The van der Waals surface area contributed by atoms with Crippen molar-refractivity contribution in [1.29, 1.82) is 0 Å². The van der Waals surface area contributed by atoms with Crippen molar-refractivity contribution in [2.45, 2.75) is 36.2 Å². The number of hydrogen-bond donors (Lipinski definition) is 0. The van der Waals surface area contributed by atoms with Gasteiger partial charge >= 0.3 is 0 Å². The van der Waals surface area contributed by atoms with Gasteiger partial charge in [-0.1, -0.05) is 30.3 Å². The van der Waals surface area contributed by atoms with Gasteiger partial charge in [0, 0.05) is 26.2 Å². The highest BCUT2D eigenvalue weighted by atomic mass is 32.2. The minimum atomic E-state index is -3.69. The zero-order chi connectivity index (χ0) is 21.4. The number of sulfonamides is 1. The number of fused-ring (bicyclic) bond motifs is 1. The van der Waals surface area contributed by atoms with Crippen molar-refractivity contribution >= 4 is 36.5 Å². The molecular formula is C20H26N2O5S2. The van der Waals surface area contributed by atoms with Gasteiger partial charge in [-0.3, -0.25) is 4.79 Å². The number of carbonyl (C=O) groups is 1. The number of nitrogens with zero attached hydrogens (tertiary/aromatic N) is 2. The molecule has 9 heteroatoms. The molecule has 0 radical (unpaired) electrons. The molecule has 0 spiro atoms. The Balaban J connectivity index is 1.73. The fourth-order valence-electron chi connectivity index (χ4n) is 3.43. The van der Waals surface area contributed by atoms with Gasteiger partial charge in [0.05, 0.1) is 10.1 Å². The van der Waals surface area contributed by atoms with E-state index in [1.165, 1.54) is 16.1 Å². The fraction of sp³-hybridized carbons (Fsp3) is 0.450. The number of sulfone groups is 1. The monoisotopic (exact) mass is 438 g/mol. The van der Waals surface area contributed by atoms with Crippen molar-refractivity contribution in [3.8, 4) is 0 Å². The van der Waals surface area contributed by atoms with Gasteiger partial charge < -0.3 is 4.90 Å². The third-order valence-electron chi connectivity index (χ3n) is 5.41. The molecule has 7 nitrogen and oxygen atoms in total. The molecule has 2 aromatic carbocycles. The summed E-state index contributed by atoms with van der Waals surface area (Å²) >= 11 is 0. The van der Waals surface area contributed by atoms with Gasteiger partial charge in [-0.05, 0) is 43.7 Å². The summed E-state index contributed by atoms with van der Waals surface area (Å²) in [7, 11) is -7.24. The van der Waals surface area contributed by atoms with Crippen molar-refractivity contribution in [2.75, 3.05) is 26.2 Å². The molecule has 0 aromatic heterocycles. The van der Waals surface area contributed by atoms with Crippen LogP contribution in [0.4, 0.5) is 0 Å². The van der Waals surface area contributed by atoms with Crippen LogP contribution in [0.25, 0.3) is 10.8 Å². The molecule has 1 saturated heterocycles. The van der Waals surface area contributed by atoms with E-state index in [2.05, 4.69) is 0 Å². The maximum absolute atomic E-state index is 13.0. The van der Waals surface area contributed by atoms with Crippen molar-refractivity contribution in [3.05, 3.63) is 42.5 Å². The van der Waals surface area contributed by atoms with Crippen LogP contribution >= 0.6 is 0 Å². The molecule has 0 bridgehead atoms. The minimum absolute atomic E-state index is 0.134. The van der Waals surface area contributed by atoms with E-state index in [0.29, 0.717) is 0 Å². The summed E-state index contributed by atoms with van der Waals surface area (Å²) < 4.78 is 51.9. The molecular weight excluding hydrogens is 412 g/mol. The second-order valence-electron chi connectivity index (χ2n) is 7.52. The van der Waals surface area contributed by atoms with E-state index in [4.69, 9.17) is 0 Å². The molecule has 1 atom stereocenters. The molecule has 0 N–H and O–H groups in total. The number of carbonyl (C=O) groups excluding carboxylic acids is 1. The number of piperazine rings is 1. The van der Waals surface area contributed by atoms with Gasteiger partial charge in [-0.25, -0.2) is 16.8 Å². The number of hydrogen-bond acceptors (Lipinski definition) is 5. The zero-order valence-corrected chi connectivity index (χ0v) is 18.4. The fourth-order valence-corrected chi connectivity index (χ4v) is 6.14. The normalized spacial score (nSPS) is 17.6. The molecule has 1 amide bonds. The van der Waals surface area contributed by atoms with Crippen LogP contribution in [0.3, 0.4) is 0 Å². The van der Waals surface area contributed by atoms with E-state index in [-0.39, 0.29) is 31.1 Å². The molecule has 0 aliphatic carbocycles. The van der Waals surface area contributed by atoms with Gasteiger partial charge in [0.15, 0.2) is 9.84 Å². The summed E-state index contributed by atoms with van der Waals surface area (Å²) in [4.78, 5) is 14.3. The third kappa shape index (κ3) is 4.17. The van der Waals surface area contributed by atoms with Gasteiger partial charge in [0.2, 0.25) is 15.9 Å². The van der Waals surface area contributed by atoms with Crippen LogP contribution in [0, 0.1) is 0 Å². The first kappa shape index (κ1) is 21.7. The van der Waals surface area contributed by atoms with Crippen LogP contribution < -0.4 is 0 Å². The molecule has 29 heavy (non-hydrogen) atoms. The quantitative estimate of drug-likeness (QED) is 0.711.